The third-order valence-electron chi connectivity index (χ3n) is 4.19. The zero-order valence-electron chi connectivity index (χ0n) is 13.8. The SMILES string of the molecule is COCCCC(=O)N[C@@H]1CCc2cc(-c3noc(C(F)F)n3)ccc21. The molecular weight excluding hydrogens is 332 g/mol. The Morgan fingerprint density at radius 3 is 3.04 bits per heavy atom. The number of hydrogen-bond donors (Lipinski definition) is 1. The number of alkyl halides is 2. The second-order valence-corrected chi connectivity index (χ2v) is 5.93. The van der Waals surface area contributed by atoms with Crippen molar-refractivity contribution in [3.63, 3.8) is 0 Å². The van der Waals surface area contributed by atoms with Gasteiger partial charge in [-0.3, -0.25) is 4.79 Å². The molecule has 0 spiro atoms. The van der Waals surface area contributed by atoms with Gasteiger partial charge < -0.3 is 14.6 Å². The number of ether oxygens (including phenoxy) is 1. The molecule has 3 rings (SSSR count). The van der Waals surface area contributed by atoms with Gasteiger partial charge in [0.2, 0.25) is 11.7 Å². The highest BCUT2D eigenvalue weighted by molar-refractivity contribution is 5.76. The molecule has 1 aromatic carbocycles. The molecule has 0 saturated carbocycles. The molecule has 0 unspecified atom stereocenters. The number of rotatable bonds is 7. The number of nitrogens with zero attached hydrogens (tertiary/aromatic N) is 2. The summed E-state index contributed by atoms with van der Waals surface area (Å²) >= 11 is 0. The Labute approximate surface area is 143 Å². The Bertz CT molecular complexity index is 748. The zero-order valence-corrected chi connectivity index (χ0v) is 13.8. The lowest BCUT2D eigenvalue weighted by atomic mass is 10.0. The lowest BCUT2D eigenvalue weighted by Gasteiger charge is -2.14. The number of hydrogen-bond acceptors (Lipinski definition) is 5. The highest BCUT2D eigenvalue weighted by Gasteiger charge is 2.25. The third-order valence-corrected chi connectivity index (χ3v) is 4.19. The molecule has 8 heteroatoms. The van der Waals surface area contributed by atoms with E-state index in [2.05, 4.69) is 20.0 Å². The molecule has 1 aromatic heterocycles. The molecule has 0 aliphatic heterocycles. The summed E-state index contributed by atoms with van der Waals surface area (Å²) in [5, 5.41) is 6.62. The van der Waals surface area contributed by atoms with Gasteiger partial charge in [0, 0.05) is 25.7 Å². The zero-order chi connectivity index (χ0) is 17.8. The van der Waals surface area contributed by atoms with E-state index in [4.69, 9.17) is 4.74 Å². The minimum Gasteiger partial charge on any atom is -0.385 e. The van der Waals surface area contributed by atoms with E-state index in [0.717, 1.165) is 24.0 Å². The summed E-state index contributed by atoms with van der Waals surface area (Å²) in [4.78, 5) is 15.7. The number of carbonyl (C=O) groups excluding carboxylic acids is 1. The van der Waals surface area contributed by atoms with Gasteiger partial charge in [-0.05, 0) is 36.5 Å². The van der Waals surface area contributed by atoms with E-state index in [1.807, 2.05) is 12.1 Å². The third kappa shape index (κ3) is 4.01. The van der Waals surface area contributed by atoms with E-state index < -0.39 is 12.3 Å². The Morgan fingerprint density at radius 1 is 1.48 bits per heavy atom. The molecule has 0 fully saturated rings. The van der Waals surface area contributed by atoms with E-state index in [0.29, 0.717) is 25.0 Å². The first-order chi connectivity index (χ1) is 12.1. The van der Waals surface area contributed by atoms with E-state index >= 15 is 0 Å². The Balaban J connectivity index is 1.68. The van der Waals surface area contributed by atoms with Crippen LogP contribution in [0.1, 0.15) is 48.7 Å². The predicted octanol–water partition coefficient (Wildman–Crippen LogP) is 3.20. The Kier molecular flexibility index (Phi) is 5.37. The number of halogens is 2. The van der Waals surface area contributed by atoms with Crippen LogP contribution in [0.25, 0.3) is 11.4 Å². The normalized spacial score (nSPS) is 16.2. The van der Waals surface area contributed by atoms with E-state index in [9.17, 15) is 13.6 Å². The molecule has 1 aliphatic rings. The van der Waals surface area contributed by atoms with Crippen LogP contribution < -0.4 is 5.32 Å². The fourth-order valence-corrected chi connectivity index (χ4v) is 2.99. The van der Waals surface area contributed by atoms with Gasteiger partial charge in [0.15, 0.2) is 0 Å². The largest absolute Gasteiger partial charge is 0.385 e. The van der Waals surface area contributed by atoms with Crippen molar-refractivity contribution in [1.29, 1.82) is 0 Å². The van der Waals surface area contributed by atoms with Crippen LogP contribution in [0.4, 0.5) is 8.78 Å². The fraction of sp³-hybridized carbons (Fsp3) is 0.471. The first-order valence-electron chi connectivity index (χ1n) is 8.11. The quantitative estimate of drug-likeness (QED) is 0.775. The van der Waals surface area contributed by atoms with Gasteiger partial charge in [-0.2, -0.15) is 13.8 Å². The van der Waals surface area contributed by atoms with Crippen molar-refractivity contribution >= 4 is 5.91 Å². The van der Waals surface area contributed by atoms with E-state index in [-0.39, 0.29) is 17.8 Å². The second-order valence-electron chi connectivity index (χ2n) is 5.93. The highest BCUT2D eigenvalue weighted by atomic mass is 19.3. The van der Waals surface area contributed by atoms with Gasteiger partial charge in [-0.25, -0.2) is 0 Å². The summed E-state index contributed by atoms with van der Waals surface area (Å²) in [6.07, 6.45) is -0.0644. The van der Waals surface area contributed by atoms with Crippen molar-refractivity contribution in [3.05, 3.63) is 35.2 Å². The predicted molar refractivity (Wildman–Crippen MR) is 85.0 cm³/mol. The number of methoxy groups -OCH3 is 1. The number of aryl methyl sites for hydroxylation is 1. The molecule has 1 atom stereocenters. The standard InChI is InChI=1S/C17H19F2N3O3/c1-24-8-2-3-14(23)20-13-7-5-10-9-11(4-6-12(10)13)16-21-17(15(18)19)25-22-16/h4,6,9,13,15H,2-3,5,7-8H2,1H3,(H,20,23)/t13-/m1/s1. The van der Waals surface area contributed by atoms with Gasteiger partial charge in [-0.15, -0.1) is 0 Å². The molecule has 1 aliphatic carbocycles. The van der Waals surface area contributed by atoms with Gasteiger partial charge in [0.25, 0.3) is 5.89 Å². The molecule has 0 bridgehead atoms. The average molecular weight is 351 g/mol. The molecule has 0 radical (unpaired) electrons. The molecule has 6 nitrogen and oxygen atoms in total. The number of nitrogens with one attached hydrogen (secondary N) is 1. The van der Waals surface area contributed by atoms with E-state index in [1.165, 1.54) is 0 Å². The minimum atomic E-state index is -2.78. The van der Waals surface area contributed by atoms with Crippen LogP contribution in [0.3, 0.4) is 0 Å². The van der Waals surface area contributed by atoms with E-state index in [1.54, 1.807) is 13.2 Å². The van der Waals surface area contributed by atoms with Crippen LogP contribution in [-0.2, 0) is 16.0 Å². The lowest BCUT2D eigenvalue weighted by molar-refractivity contribution is -0.122. The van der Waals surface area contributed by atoms with Crippen LogP contribution >= 0.6 is 0 Å². The monoisotopic (exact) mass is 351 g/mol. The molecular formula is C17H19F2N3O3. The smallest absolute Gasteiger partial charge is 0.315 e. The van der Waals surface area contributed by atoms with Crippen LogP contribution in [0.5, 0.6) is 0 Å². The summed E-state index contributed by atoms with van der Waals surface area (Å²) in [6, 6.07) is 5.48. The van der Waals surface area contributed by atoms with Crippen molar-refractivity contribution < 1.29 is 22.8 Å². The van der Waals surface area contributed by atoms with Gasteiger partial charge in [0.05, 0.1) is 6.04 Å². The van der Waals surface area contributed by atoms with Gasteiger partial charge >= 0.3 is 6.43 Å². The van der Waals surface area contributed by atoms with Crippen LogP contribution in [0, 0.1) is 0 Å². The Hall–Kier alpha value is -2.35. The summed E-state index contributed by atoms with van der Waals surface area (Å²) in [6.45, 7) is 0.559. The molecule has 1 N–H and O–H groups in total. The summed E-state index contributed by atoms with van der Waals surface area (Å²) < 4.78 is 34.6. The second kappa shape index (κ2) is 7.69. The molecule has 134 valence electrons. The number of carbonyl (C=O) groups is 1. The average Bonchev–Trinajstić information content (AvgIpc) is 3.22. The number of benzene rings is 1. The first-order valence-corrected chi connectivity index (χ1v) is 8.11. The van der Waals surface area contributed by atoms with Crippen LogP contribution in [0.15, 0.2) is 22.7 Å². The van der Waals surface area contributed by atoms with Gasteiger partial charge in [-0.1, -0.05) is 17.3 Å². The maximum absolute atomic E-state index is 12.6. The Morgan fingerprint density at radius 2 is 2.32 bits per heavy atom. The fourth-order valence-electron chi connectivity index (χ4n) is 2.99. The molecule has 0 saturated heterocycles. The molecule has 1 amide bonds. The summed E-state index contributed by atoms with van der Waals surface area (Å²) in [5.74, 6) is -0.541. The number of amides is 1. The summed E-state index contributed by atoms with van der Waals surface area (Å²) in [5.41, 5.74) is 2.73. The number of aromatic nitrogens is 2. The van der Waals surface area contributed by atoms with Crippen LogP contribution in [-0.4, -0.2) is 29.8 Å². The topological polar surface area (TPSA) is 77.2 Å². The van der Waals surface area contributed by atoms with Crippen molar-refractivity contribution in [1.82, 2.24) is 15.5 Å². The first kappa shape index (κ1) is 17.5. The lowest BCUT2D eigenvalue weighted by Crippen LogP contribution is -2.27. The maximum Gasteiger partial charge on any atom is 0.315 e. The van der Waals surface area contributed by atoms with Crippen molar-refractivity contribution in [2.24, 2.45) is 0 Å². The highest BCUT2D eigenvalue weighted by Crippen LogP contribution is 2.34. The maximum atomic E-state index is 12.6. The van der Waals surface area contributed by atoms with Crippen molar-refractivity contribution in [2.45, 2.75) is 38.2 Å². The van der Waals surface area contributed by atoms with Gasteiger partial charge in [0.1, 0.15) is 0 Å². The molecule has 25 heavy (non-hydrogen) atoms. The van der Waals surface area contributed by atoms with Crippen molar-refractivity contribution in [2.75, 3.05) is 13.7 Å². The molecule has 1 heterocycles. The minimum absolute atomic E-state index is 0.00119. The molecule has 2 aromatic rings. The summed E-state index contributed by atoms with van der Waals surface area (Å²) in [7, 11) is 1.61. The number of fused-ring (bicyclic) bond motifs is 1. The van der Waals surface area contributed by atoms with Crippen LogP contribution in [0.2, 0.25) is 0 Å². The van der Waals surface area contributed by atoms with Crippen molar-refractivity contribution in [3.8, 4) is 11.4 Å².